The highest BCUT2D eigenvalue weighted by Crippen LogP contribution is 2.30. The number of benzene rings is 3. The number of nitrogen functional groups attached to an aromatic ring is 1. The number of carboxylic acids is 1. The van der Waals surface area contributed by atoms with Gasteiger partial charge in [0.15, 0.2) is 0 Å². The zero-order valence-electron chi connectivity index (χ0n) is 34.6. The van der Waals surface area contributed by atoms with Crippen LogP contribution in [0, 0.1) is 0 Å². The lowest BCUT2D eigenvalue weighted by atomic mass is 10.2. The summed E-state index contributed by atoms with van der Waals surface area (Å²) in [5.41, 5.74) is 10.8. The maximum Gasteiger partial charge on any atom is 0.338 e. The third-order valence-corrected chi connectivity index (χ3v) is 11.1. The van der Waals surface area contributed by atoms with E-state index >= 15 is 0 Å². The highest BCUT2D eigenvalue weighted by atomic mass is 32.2. The fraction of sp³-hybridized carbons (Fsp3) is 0.130. The van der Waals surface area contributed by atoms with Crippen molar-refractivity contribution in [3.05, 3.63) is 179 Å². The molecule has 3 aromatic carbocycles. The van der Waals surface area contributed by atoms with Crippen molar-refractivity contribution in [3.63, 3.8) is 0 Å². The number of aromatic amines is 3. The first-order valence-electron chi connectivity index (χ1n) is 19.7. The predicted octanol–water partition coefficient (Wildman–Crippen LogP) is 9.29. The van der Waals surface area contributed by atoms with Gasteiger partial charge >= 0.3 is 17.9 Å². The van der Waals surface area contributed by atoms with Gasteiger partial charge in [0.1, 0.15) is 20.9 Å². The van der Waals surface area contributed by atoms with Crippen LogP contribution in [0.2, 0.25) is 0 Å². The summed E-state index contributed by atoms with van der Waals surface area (Å²) in [5.74, 6) is -1.04. The lowest BCUT2D eigenvalue weighted by molar-refractivity contribution is 0.0516. The number of ether oxygens (including phenoxy) is 2. The van der Waals surface area contributed by atoms with Gasteiger partial charge in [-0.05, 0) is 105 Å². The molecule has 0 bridgehead atoms. The van der Waals surface area contributed by atoms with Crippen LogP contribution in [-0.2, 0) is 22.3 Å². The minimum absolute atomic E-state index is 0.272. The van der Waals surface area contributed by atoms with Crippen molar-refractivity contribution in [2.24, 2.45) is 0 Å². The number of carbonyl (C=O) groups excluding carboxylic acids is 2. The molecule has 0 aliphatic carbocycles. The molecule has 0 atom stereocenters. The number of carboxylic acid groups (broad SMARTS) is 1. The zero-order chi connectivity index (χ0) is 45.1. The molecule has 18 heteroatoms. The van der Waals surface area contributed by atoms with E-state index in [9.17, 15) is 14.4 Å². The Morgan fingerprint density at radius 2 is 0.969 bits per heavy atom. The molecular formula is C46H43N9O6S3. The molecule has 5 heterocycles. The van der Waals surface area contributed by atoms with Gasteiger partial charge in [-0.1, -0.05) is 65.6 Å². The van der Waals surface area contributed by atoms with Gasteiger partial charge in [0, 0.05) is 68.8 Å². The minimum Gasteiger partial charge on any atom is -0.478 e. The molecule has 0 aliphatic rings. The monoisotopic (exact) mass is 913 g/mol. The lowest BCUT2D eigenvalue weighted by Gasteiger charge is -2.03. The van der Waals surface area contributed by atoms with Crippen LogP contribution in [0.4, 0.5) is 5.82 Å². The zero-order valence-corrected chi connectivity index (χ0v) is 37.1. The average Bonchev–Trinajstić information content (AvgIpc) is 4.06. The van der Waals surface area contributed by atoms with Gasteiger partial charge in [-0.2, -0.15) is 15.3 Å². The number of anilines is 1. The largest absolute Gasteiger partial charge is 0.478 e. The Morgan fingerprint density at radius 3 is 1.36 bits per heavy atom. The van der Waals surface area contributed by atoms with Gasteiger partial charge < -0.3 is 20.3 Å². The lowest BCUT2D eigenvalue weighted by Crippen LogP contribution is -2.04. The molecule has 8 rings (SSSR count). The van der Waals surface area contributed by atoms with E-state index in [1.165, 1.54) is 35.3 Å². The molecule has 8 aromatic rings. The number of hydrogen-bond donors (Lipinski definition) is 5. The summed E-state index contributed by atoms with van der Waals surface area (Å²) < 4.78 is 9.97. The van der Waals surface area contributed by atoms with Crippen molar-refractivity contribution in [3.8, 4) is 0 Å². The summed E-state index contributed by atoms with van der Waals surface area (Å²) in [6, 6.07) is 38.7. The second-order valence-corrected chi connectivity index (χ2v) is 16.5. The van der Waals surface area contributed by atoms with Gasteiger partial charge in [-0.15, -0.1) is 0 Å². The molecule has 15 nitrogen and oxygen atoms in total. The maximum atomic E-state index is 11.8. The molecule has 0 amide bonds. The van der Waals surface area contributed by atoms with Crippen LogP contribution >= 0.6 is 35.3 Å². The predicted molar refractivity (Wildman–Crippen MR) is 245 cm³/mol. The summed E-state index contributed by atoms with van der Waals surface area (Å²) >= 11 is 4.35. The van der Waals surface area contributed by atoms with Gasteiger partial charge in [0.05, 0.1) is 29.9 Å². The molecule has 0 spiro atoms. The highest BCUT2D eigenvalue weighted by molar-refractivity contribution is 7.99. The van der Waals surface area contributed by atoms with Crippen LogP contribution in [0.3, 0.4) is 0 Å². The van der Waals surface area contributed by atoms with E-state index in [0.717, 1.165) is 52.5 Å². The highest BCUT2D eigenvalue weighted by Gasteiger charge is 2.12. The van der Waals surface area contributed by atoms with Crippen LogP contribution in [0.1, 0.15) is 67.7 Å². The second kappa shape index (κ2) is 23.9. The molecular weight excluding hydrogens is 871 g/mol. The average molecular weight is 914 g/mol. The van der Waals surface area contributed by atoms with E-state index in [4.69, 9.17) is 20.3 Å². The maximum absolute atomic E-state index is 11.8. The van der Waals surface area contributed by atoms with Crippen LogP contribution < -0.4 is 5.73 Å². The summed E-state index contributed by atoms with van der Waals surface area (Å²) in [7, 11) is 0. The molecule has 0 unspecified atom stereocenters. The number of pyridine rings is 2. The van der Waals surface area contributed by atoms with Gasteiger partial charge in [-0.25, -0.2) is 14.4 Å². The molecule has 0 radical (unpaired) electrons. The Morgan fingerprint density at radius 1 is 0.547 bits per heavy atom. The van der Waals surface area contributed by atoms with E-state index < -0.39 is 5.97 Å². The number of nitrogens with zero attached hydrogens (tertiary/aromatic N) is 5. The van der Waals surface area contributed by atoms with Crippen molar-refractivity contribution in [1.29, 1.82) is 0 Å². The number of nitrogens with one attached hydrogen (secondary N) is 3. The fourth-order valence-corrected chi connectivity index (χ4v) is 8.17. The number of rotatable bonds is 15. The van der Waals surface area contributed by atoms with E-state index in [1.54, 1.807) is 68.7 Å². The molecule has 0 aliphatic heterocycles. The summed E-state index contributed by atoms with van der Waals surface area (Å²) in [6.07, 6.45) is 4.93. The number of aromatic carboxylic acids is 1. The van der Waals surface area contributed by atoms with Crippen molar-refractivity contribution in [1.82, 2.24) is 40.6 Å². The summed E-state index contributed by atoms with van der Waals surface area (Å²) in [4.78, 5) is 45.6. The van der Waals surface area contributed by atoms with E-state index in [-0.39, 0.29) is 17.5 Å². The third-order valence-electron chi connectivity index (χ3n) is 8.42. The number of nitrogens with two attached hydrogens (primary N) is 1. The first kappa shape index (κ1) is 46.4. The van der Waals surface area contributed by atoms with Crippen molar-refractivity contribution < 1.29 is 29.0 Å². The quantitative estimate of drug-likeness (QED) is 0.0604. The smallest absolute Gasteiger partial charge is 0.338 e. The fourth-order valence-electron chi connectivity index (χ4n) is 5.59. The van der Waals surface area contributed by atoms with Crippen LogP contribution in [0.15, 0.2) is 170 Å². The summed E-state index contributed by atoms with van der Waals surface area (Å²) in [6.45, 7) is 4.31. The first-order chi connectivity index (χ1) is 31.1. The molecule has 5 aromatic heterocycles. The Balaban J connectivity index is 0.000000161. The molecule has 0 saturated heterocycles. The second-order valence-electron chi connectivity index (χ2n) is 13.3. The normalized spacial score (nSPS) is 10.5. The Bertz CT molecular complexity index is 2750. The number of hydrogen-bond acceptors (Lipinski definition) is 14. The Hall–Kier alpha value is -7.15. The topological polar surface area (TPSA) is 228 Å². The van der Waals surface area contributed by atoms with Gasteiger partial charge in [0.25, 0.3) is 0 Å². The number of H-pyrrole nitrogens is 3. The Kier molecular flexibility index (Phi) is 17.3. The number of carbonyl (C=O) groups is 3. The standard InChI is InChI=1S/C18H17N3O2S.C16H13N3O2S.C12H13N3O2S/c1-2-23-18(22)13-6-5-8-16(10-13)24-17-12-15(20-21-17)11-14-7-3-4-9-19-14;20-16(21)11-4-3-6-14(8-11)22-15-10-13(18-19-15)9-12-5-1-2-7-17-12;1-2-17-12(16)8-4-3-5-9(6-8)18-11-7-10(13)14-15-11/h3-10,12H,2,11H2,1H3,(H,20,21);1-8,10H,9H2,(H,18,19)(H,20,21);3-7H,2H2,1H3,(H3,13,14,15). The number of aromatic nitrogens is 8. The number of esters is 2. The molecule has 0 saturated carbocycles. The van der Waals surface area contributed by atoms with E-state index in [1.807, 2.05) is 84.9 Å². The Labute approximate surface area is 381 Å². The van der Waals surface area contributed by atoms with Crippen molar-refractivity contribution >= 4 is 59.0 Å². The minimum atomic E-state index is -0.930. The third kappa shape index (κ3) is 14.7. The van der Waals surface area contributed by atoms with Crippen LogP contribution in [-0.4, -0.2) is 76.8 Å². The molecule has 326 valence electrons. The molecule has 0 fully saturated rings. The van der Waals surface area contributed by atoms with Crippen LogP contribution in [0.5, 0.6) is 0 Å². The SMILES string of the molecule is CCOC(=O)c1cccc(Sc2cc(Cc3ccccn3)[nH]n2)c1.CCOC(=O)c1cccc(Sc2cc(N)[nH]n2)c1.O=C(O)c1cccc(Sc2cc(Cc3ccccn3)[nH]n2)c1. The van der Waals surface area contributed by atoms with Crippen LogP contribution in [0.25, 0.3) is 0 Å². The van der Waals surface area contributed by atoms with E-state index in [2.05, 4.69) is 40.6 Å². The van der Waals surface area contributed by atoms with Gasteiger partial charge in [0.2, 0.25) is 0 Å². The van der Waals surface area contributed by atoms with E-state index in [0.29, 0.717) is 43.0 Å². The summed E-state index contributed by atoms with van der Waals surface area (Å²) in [5, 5.41) is 32.7. The molecule has 64 heavy (non-hydrogen) atoms. The molecule has 6 N–H and O–H groups in total. The van der Waals surface area contributed by atoms with Crippen molar-refractivity contribution in [2.75, 3.05) is 18.9 Å². The first-order valence-corrected chi connectivity index (χ1v) is 22.2. The van der Waals surface area contributed by atoms with Gasteiger partial charge in [-0.3, -0.25) is 25.3 Å². The van der Waals surface area contributed by atoms with Crippen molar-refractivity contribution in [2.45, 2.75) is 56.5 Å².